The molecule has 0 spiro atoms. The lowest BCUT2D eigenvalue weighted by Gasteiger charge is -2.21. The summed E-state index contributed by atoms with van der Waals surface area (Å²) in [7, 11) is -12.8. The van der Waals surface area contributed by atoms with E-state index in [1.807, 2.05) is 0 Å². The minimum absolute atomic E-state index is 0.104. The number of phosphoric ester groups is 1. The SMILES string of the molecule is COP(=O)(OC)OP(=O)(Oc1ccccc1)OP(=O)(O)O. The van der Waals surface area contributed by atoms with E-state index in [9.17, 15) is 13.7 Å². The van der Waals surface area contributed by atoms with E-state index >= 15 is 0 Å². The van der Waals surface area contributed by atoms with E-state index in [1.54, 1.807) is 6.07 Å². The number of phosphoric acid groups is 3. The lowest BCUT2D eigenvalue weighted by atomic mass is 10.3. The summed E-state index contributed by atoms with van der Waals surface area (Å²) in [5.41, 5.74) is 0. The minimum atomic E-state index is -5.28. The fraction of sp³-hybridized carbons (Fsp3) is 0.250. The highest BCUT2D eigenvalue weighted by Gasteiger charge is 2.45. The molecule has 0 saturated heterocycles. The maximum atomic E-state index is 12.2. The first-order chi connectivity index (χ1) is 9.61. The molecule has 0 radical (unpaired) electrons. The van der Waals surface area contributed by atoms with E-state index in [-0.39, 0.29) is 5.75 Å². The maximum absolute atomic E-state index is 12.2. The quantitative estimate of drug-likeness (QED) is 0.664. The van der Waals surface area contributed by atoms with Crippen LogP contribution in [0.15, 0.2) is 30.3 Å². The molecule has 0 saturated carbocycles. The Morgan fingerprint density at radius 2 is 1.38 bits per heavy atom. The Morgan fingerprint density at radius 1 is 0.857 bits per heavy atom. The van der Waals surface area contributed by atoms with Crippen molar-refractivity contribution in [2.45, 2.75) is 0 Å². The Bertz CT molecular complexity index is 588. The zero-order valence-electron chi connectivity index (χ0n) is 10.9. The van der Waals surface area contributed by atoms with Crippen LogP contribution in [0.5, 0.6) is 5.75 Å². The molecule has 0 aliphatic heterocycles. The van der Waals surface area contributed by atoms with Crippen molar-refractivity contribution in [1.29, 1.82) is 0 Å². The Labute approximate surface area is 120 Å². The monoisotopic (exact) mass is 362 g/mol. The van der Waals surface area contributed by atoms with Crippen LogP contribution in [0.3, 0.4) is 0 Å². The molecule has 1 atom stereocenters. The molecule has 0 aliphatic carbocycles. The molecule has 13 heteroatoms. The van der Waals surface area contributed by atoms with Gasteiger partial charge in [-0.15, -0.1) is 0 Å². The molecule has 0 aromatic heterocycles. The van der Waals surface area contributed by atoms with Gasteiger partial charge >= 0.3 is 23.5 Å². The summed E-state index contributed by atoms with van der Waals surface area (Å²) < 4.78 is 56.8. The summed E-state index contributed by atoms with van der Waals surface area (Å²) in [4.78, 5) is 17.5. The van der Waals surface area contributed by atoms with Crippen molar-refractivity contribution in [2.75, 3.05) is 14.2 Å². The van der Waals surface area contributed by atoms with Crippen LogP contribution < -0.4 is 4.52 Å². The zero-order valence-corrected chi connectivity index (χ0v) is 13.6. The lowest BCUT2D eigenvalue weighted by Crippen LogP contribution is -2.02. The van der Waals surface area contributed by atoms with Gasteiger partial charge in [0, 0.05) is 14.2 Å². The van der Waals surface area contributed by atoms with E-state index in [4.69, 9.17) is 14.3 Å². The second-order valence-electron chi connectivity index (χ2n) is 3.32. The summed E-state index contributed by atoms with van der Waals surface area (Å²) in [5.74, 6) is -0.104. The molecule has 120 valence electrons. The Kier molecular flexibility index (Phi) is 6.31. The third-order valence-electron chi connectivity index (χ3n) is 1.81. The van der Waals surface area contributed by atoms with Gasteiger partial charge in [0.15, 0.2) is 0 Å². The molecule has 0 heterocycles. The Morgan fingerprint density at radius 3 is 1.81 bits per heavy atom. The molecule has 2 N–H and O–H groups in total. The van der Waals surface area contributed by atoms with Gasteiger partial charge in [-0.3, -0.25) is 9.05 Å². The zero-order chi connectivity index (χ0) is 16.1. The molecule has 10 nitrogen and oxygen atoms in total. The number of benzene rings is 1. The Balaban J connectivity index is 3.09. The van der Waals surface area contributed by atoms with Crippen molar-refractivity contribution < 1.29 is 45.7 Å². The van der Waals surface area contributed by atoms with Crippen LogP contribution in [-0.4, -0.2) is 24.0 Å². The fourth-order valence-corrected chi connectivity index (χ4v) is 4.79. The normalized spacial score (nSPS) is 15.4. The van der Waals surface area contributed by atoms with E-state index in [0.717, 1.165) is 14.2 Å². The number of rotatable bonds is 8. The van der Waals surface area contributed by atoms with Crippen molar-refractivity contribution in [3.8, 4) is 5.75 Å². The van der Waals surface area contributed by atoms with Gasteiger partial charge < -0.3 is 14.3 Å². The van der Waals surface area contributed by atoms with Gasteiger partial charge in [0.2, 0.25) is 0 Å². The van der Waals surface area contributed by atoms with Crippen molar-refractivity contribution in [3.05, 3.63) is 30.3 Å². The van der Waals surface area contributed by atoms with Gasteiger partial charge in [0.1, 0.15) is 5.75 Å². The van der Waals surface area contributed by atoms with Crippen LogP contribution in [0.2, 0.25) is 0 Å². The average Bonchev–Trinajstić information content (AvgIpc) is 2.37. The van der Waals surface area contributed by atoms with Crippen molar-refractivity contribution in [1.82, 2.24) is 0 Å². The van der Waals surface area contributed by atoms with Gasteiger partial charge in [-0.1, -0.05) is 18.2 Å². The van der Waals surface area contributed by atoms with Gasteiger partial charge in [0.05, 0.1) is 0 Å². The molecule has 1 aromatic carbocycles. The molecular formula is C8H13O10P3. The molecule has 1 aromatic rings. The second-order valence-corrected chi connectivity index (χ2v) is 8.31. The van der Waals surface area contributed by atoms with Crippen molar-refractivity contribution in [2.24, 2.45) is 0 Å². The topological polar surface area (TPSA) is 138 Å². The summed E-state index contributed by atoms with van der Waals surface area (Å²) in [6.45, 7) is 0. The first-order valence-corrected chi connectivity index (χ1v) is 9.61. The highest BCUT2D eigenvalue weighted by atomic mass is 31.3. The molecule has 1 unspecified atom stereocenters. The average molecular weight is 362 g/mol. The largest absolute Gasteiger partial charge is 0.548 e. The van der Waals surface area contributed by atoms with Gasteiger partial charge in [-0.05, 0) is 12.1 Å². The molecular weight excluding hydrogens is 349 g/mol. The van der Waals surface area contributed by atoms with Gasteiger partial charge in [0.25, 0.3) is 0 Å². The van der Waals surface area contributed by atoms with E-state index in [2.05, 4.69) is 17.7 Å². The summed E-state index contributed by atoms with van der Waals surface area (Å²) in [6, 6.07) is 7.21. The molecule has 1 rings (SSSR count). The number of para-hydroxylation sites is 1. The standard InChI is InChI=1S/C8H13O10P3/c1-14-20(12,15-2)18-21(13,17-19(9,10)11)16-8-6-4-3-5-7-8/h3-7H,1-2H3,(H2,9,10,11). The number of hydrogen-bond acceptors (Lipinski definition) is 8. The predicted molar refractivity (Wildman–Crippen MR) is 70.5 cm³/mol. The third kappa shape index (κ3) is 6.40. The first kappa shape index (κ1) is 18.5. The lowest BCUT2D eigenvalue weighted by molar-refractivity contribution is 0.177. The third-order valence-corrected chi connectivity index (χ3v) is 6.39. The van der Waals surface area contributed by atoms with Crippen molar-refractivity contribution in [3.63, 3.8) is 0 Å². The van der Waals surface area contributed by atoms with Crippen LogP contribution in [0, 0.1) is 0 Å². The van der Waals surface area contributed by atoms with Crippen LogP contribution in [0.4, 0.5) is 0 Å². The highest BCUT2D eigenvalue weighted by molar-refractivity contribution is 7.67. The highest BCUT2D eigenvalue weighted by Crippen LogP contribution is 2.69. The van der Waals surface area contributed by atoms with Crippen molar-refractivity contribution >= 4 is 23.5 Å². The van der Waals surface area contributed by atoms with Gasteiger partial charge in [-0.25, -0.2) is 13.7 Å². The van der Waals surface area contributed by atoms with Gasteiger partial charge in [-0.2, -0.15) is 8.62 Å². The van der Waals surface area contributed by atoms with E-state index in [0.29, 0.717) is 0 Å². The van der Waals surface area contributed by atoms with Crippen LogP contribution in [-0.2, 0) is 31.4 Å². The Hall–Kier alpha value is -0.530. The van der Waals surface area contributed by atoms with E-state index in [1.165, 1.54) is 24.3 Å². The molecule has 0 fully saturated rings. The first-order valence-electron chi connectivity index (χ1n) is 5.16. The maximum Gasteiger partial charge on any atom is 0.548 e. The summed E-state index contributed by atoms with van der Waals surface area (Å²) >= 11 is 0. The molecule has 0 aliphatic rings. The van der Waals surface area contributed by atoms with Crippen LogP contribution >= 0.6 is 23.5 Å². The minimum Gasteiger partial charge on any atom is -0.403 e. The fourth-order valence-electron chi connectivity index (χ4n) is 1.05. The van der Waals surface area contributed by atoms with Crippen LogP contribution in [0.1, 0.15) is 0 Å². The second kappa shape index (κ2) is 7.15. The number of hydrogen-bond donors (Lipinski definition) is 2. The van der Waals surface area contributed by atoms with E-state index < -0.39 is 23.5 Å². The molecule has 21 heavy (non-hydrogen) atoms. The van der Waals surface area contributed by atoms with Crippen LogP contribution in [0.25, 0.3) is 0 Å². The molecule has 0 amide bonds. The smallest absolute Gasteiger partial charge is 0.403 e. The summed E-state index contributed by atoms with van der Waals surface area (Å²) in [5, 5.41) is 0. The molecule has 0 bridgehead atoms. The summed E-state index contributed by atoms with van der Waals surface area (Å²) in [6.07, 6.45) is 0. The predicted octanol–water partition coefficient (Wildman–Crippen LogP) is 2.70.